The molecule has 0 fully saturated rings. The second-order valence-corrected chi connectivity index (χ2v) is 4.90. The molecule has 0 heterocycles. The first-order valence-corrected chi connectivity index (χ1v) is 5.41. The van der Waals surface area contributed by atoms with E-state index in [9.17, 15) is 18.3 Å². The van der Waals surface area contributed by atoms with Crippen molar-refractivity contribution in [2.24, 2.45) is 5.92 Å². The Morgan fingerprint density at radius 1 is 1.07 bits per heavy atom. The highest BCUT2D eigenvalue weighted by Crippen LogP contribution is 2.27. The minimum Gasteiger partial charge on any atom is -0.390 e. The van der Waals surface area contributed by atoms with E-state index < -0.39 is 18.2 Å². The Morgan fingerprint density at radius 3 is 2.00 bits per heavy atom. The van der Waals surface area contributed by atoms with Crippen LogP contribution in [-0.4, -0.2) is 16.9 Å². The molecular weight excluding hydrogens is 205 g/mol. The van der Waals surface area contributed by atoms with Gasteiger partial charge in [0, 0.05) is 6.42 Å². The van der Waals surface area contributed by atoms with Gasteiger partial charge in [-0.1, -0.05) is 13.8 Å². The van der Waals surface area contributed by atoms with E-state index >= 15 is 0 Å². The minimum absolute atomic E-state index is 0.00853. The van der Waals surface area contributed by atoms with Gasteiger partial charge in [0.05, 0.1) is 5.60 Å². The van der Waals surface area contributed by atoms with E-state index in [0.29, 0.717) is 12.3 Å². The summed E-state index contributed by atoms with van der Waals surface area (Å²) in [7, 11) is 0. The van der Waals surface area contributed by atoms with Gasteiger partial charge in [0.1, 0.15) is 0 Å². The number of hydrogen-bond acceptors (Lipinski definition) is 1. The van der Waals surface area contributed by atoms with E-state index in [4.69, 9.17) is 0 Å². The third-order valence-corrected chi connectivity index (χ3v) is 2.44. The summed E-state index contributed by atoms with van der Waals surface area (Å²) >= 11 is 0. The summed E-state index contributed by atoms with van der Waals surface area (Å²) in [5.41, 5.74) is -0.949. The molecule has 0 rings (SSSR count). The molecule has 0 saturated heterocycles. The van der Waals surface area contributed by atoms with E-state index in [0.717, 1.165) is 6.42 Å². The van der Waals surface area contributed by atoms with Gasteiger partial charge in [0.2, 0.25) is 0 Å². The van der Waals surface area contributed by atoms with E-state index in [1.807, 2.05) is 13.8 Å². The van der Waals surface area contributed by atoms with Gasteiger partial charge in [-0.05, 0) is 38.5 Å². The van der Waals surface area contributed by atoms with E-state index in [-0.39, 0.29) is 12.8 Å². The molecule has 1 unspecified atom stereocenters. The van der Waals surface area contributed by atoms with Crippen molar-refractivity contribution in [3.05, 3.63) is 0 Å². The Kier molecular flexibility index (Phi) is 5.63. The SMILES string of the molecule is CC(C)CCC(C)(O)CCCC(F)(F)F. The van der Waals surface area contributed by atoms with Crippen molar-refractivity contribution in [3.8, 4) is 0 Å². The maximum Gasteiger partial charge on any atom is 0.389 e. The van der Waals surface area contributed by atoms with Crippen LogP contribution in [0.2, 0.25) is 0 Å². The molecule has 0 saturated carbocycles. The van der Waals surface area contributed by atoms with Gasteiger partial charge < -0.3 is 5.11 Å². The largest absolute Gasteiger partial charge is 0.390 e. The van der Waals surface area contributed by atoms with E-state index in [1.165, 1.54) is 0 Å². The van der Waals surface area contributed by atoms with Crippen molar-refractivity contribution >= 4 is 0 Å². The van der Waals surface area contributed by atoms with Crippen LogP contribution in [0.15, 0.2) is 0 Å². The Bertz CT molecular complexity index is 173. The lowest BCUT2D eigenvalue weighted by atomic mass is 9.90. The molecule has 4 heteroatoms. The zero-order valence-corrected chi connectivity index (χ0v) is 9.69. The summed E-state index contributed by atoms with van der Waals surface area (Å²) in [5, 5.41) is 9.79. The van der Waals surface area contributed by atoms with Crippen LogP contribution in [0, 0.1) is 5.92 Å². The first kappa shape index (κ1) is 14.8. The summed E-state index contributed by atoms with van der Waals surface area (Å²) in [5.74, 6) is 0.471. The third kappa shape index (κ3) is 10.0. The van der Waals surface area contributed by atoms with Crippen LogP contribution in [-0.2, 0) is 0 Å². The first-order chi connectivity index (χ1) is 6.62. The average Bonchev–Trinajstić information content (AvgIpc) is 1.98. The van der Waals surface area contributed by atoms with Crippen molar-refractivity contribution in [1.82, 2.24) is 0 Å². The number of halogens is 3. The second kappa shape index (κ2) is 5.73. The molecule has 0 aliphatic carbocycles. The minimum atomic E-state index is -4.10. The van der Waals surface area contributed by atoms with Gasteiger partial charge in [-0.15, -0.1) is 0 Å². The predicted octanol–water partition coefficient (Wildman–Crippen LogP) is 3.91. The van der Waals surface area contributed by atoms with Crippen molar-refractivity contribution in [2.45, 2.75) is 64.7 Å². The molecule has 15 heavy (non-hydrogen) atoms. The summed E-state index contributed by atoms with van der Waals surface area (Å²) in [4.78, 5) is 0. The maximum absolute atomic E-state index is 11.9. The van der Waals surface area contributed by atoms with Crippen molar-refractivity contribution in [3.63, 3.8) is 0 Å². The first-order valence-electron chi connectivity index (χ1n) is 5.41. The Morgan fingerprint density at radius 2 is 1.60 bits per heavy atom. The predicted molar refractivity (Wildman–Crippen MR) is 54.6 cm³/mol. The summed E-state index contributed by atoms with van der Waals surface area (Å²) in [6, 6.07) is 0. The van der Waals surface area contributed by atoms with E-state index in [2.05, 4.69) is 0 Å². The highest BCUT2D eigenvalue weighted by atomic mass is 19.4. The molecule has 0 bridgehead atoms. The van der Waals surface area contributed by atoms with Gasteiger partial charge in [-0.2, -0.15) is 13.2 Å². The van der Waals surface area contributed by atoms with Crippen molar-refractivity contribution in [1.29, 1.82) is 0 Å². The Hall–Kier alpha value is -0.250. The molecule has 92 valence electrons. The molecule has 0 aromatic heterocycles. The topological polar surface area (TPSA) is 20.2 Å². The van der Waals surface area contributed by atoms with Crippen molar-refractivity contribution in [2.75, 3.05) is 0 Å². The fraction of sp³-hybridized carbons (Fsp3) is 1.00. The monoisotopic (exact) mass is 226 g/mol. The van der Waals surface area contributed by atoms with Crippen LogP contribution in [0.5, 0.6) is 0 Å². The summed E-state index contributed by atoms with van der Waals surface area (Å²) in [6.07, 6.45) is -3.26. The number of rotatable bonds is 6. The van der Waals surface area contributed by atoms with E-state index in [1.54, 1.807) is 6.92 Å². The van der Waals surface area contributed by atoms with Crippen LogP contribution in [0.4, 0.5) is 13.2 Å². The summed E-state index contributed by atoms with van der Waals surface area (Å²) in [6.45, 7) is 5.68. The Balaban J connectivity index is 3.74. The van der Waals surface area contributed by atoms with Crippen LogP contribution in [0.3, 0.4) is 0 Å². The molecule has 0 aromatic carbocycles. The lowest BCUT2D eigenvalue weighted by molar-refractivity contribution is -0.137. The van der Waals surface area contributed by atoms with Gasteiger partial charge in [-0.3, -0.25) is 0 Å². The standard InChI is InChI=1S/C11H21F3O/c1-9(2)5-8-10(3,15)6-4-7-11(12,13)14/h9,15H,4-8H2,1-3H3. The number of hydrogen-bond donors (Lipinski definition) is 1. The highest BCUT2D eigenvalue weighted by Gasteiger charge is 2.28. The summed E-state index contributed by atoms with van der Waals surface area (Å²) < 4.78 is 35.6. The molecule has 0 aromatic rings. The molecule has 0 amide bonds. The zero-order chi connectivity index (χ0) is 12.1. The lowest BCUT2D eigenvalue weighted by Crippen LogP contribution is -2.25. The quantitative estimate of drug-likeness (QED) is 0.728. The maximum atomic E-state index is 11.9. The van der Waals surface area contributed by atoms with Crippen LogP contribution in [0.25, 0.3) is 0 Å². The Labute approximate surface area is 89.7 Å². The number of aliphatic hydroxyl groups is 1. The average molecular weight is 226 g/mol. The van der Waals surface area contributed by atoms with Gasteiger partial charge in [0.25, 0.3) is 0 Å². The molecular formula is C11H21F3O. The fourth-order valence-electron chi connectivity index (χ4n) is 1.39. The molecule has 0 aliphatic heterocycles. The zero-order valence-electron chi connectivity index (χ0n) is 9.69. The molecule has 0 spiro atoms. The molecule has 1 atom stereocenters. The van der Waals surface area contributed by atoms with Gasteiger partial charge in [0.15, 0.2) is 0 Å². The smallest absolute Gasteiger partial charge is 0.389 e. The van der Waals surface area contributed by atoms with Crippen LogP contribution >= 0.6 is 0 Å². The van der Waals surface area contributed by atoms with Gasteiger partial charge >= 0.3 is 6.18 Å². The van der Waals surface area contributed by atoms with Crippen LogP contribution < -0.4 is 0 Å². The lowest BCUT2D eigenvalue weighted by Gasteiger charge is -2.24. The molecule has 0 aliphatic rings. The molecule has 0 radical (unpaired) electrons. The van der Waals surface area contributed by atoms with Crippen molar-refractivity contribution < 1.29 is 18.3 Å². The highest BCUT2D eigenvalue weighted by molar-refractivity contribution is 4.73. The second-order valence-electron chi connectivity index (χ2n) is 4.90. The third-order valence-electron chi connectivity index (χ3n) is 2.44. The van der Waals surface area contributed by atoms with Crippen LogP contribution in [0.1, 0.15) is 52.9 Å². The number of alkyl halides is 3. The molecule has 1 N–H and O–H groups in total. The normalized spacial score (nSPS) is 16.8. The van der Waals surface area contributed by atoms with Gasteiger partial charge in [-0.25, -0.2) is 0 Å². The molecule has 1 nitrogen and oxygen atoms in total. The fourth-order valence-corrected chi connectivity index (χ4v) is 1.39.